The SMILES string of the molecule is CC1CC(=O)N(CC(N)c2ccc(OC(C)C)cc2)C1. The van der Waals surface area contributed by atoms with Gasteiger partial charge in [0.2, 0.25) is 5.91 Å². The molecule has 0 radical (unpaired) electrons. The molecule has 1 fully saturated rings. The first-order valence-corrected chi connectivity index (χ1v) is 7.25. The first-order valence-electron chi connectivity index (χ1n) is 7.25. The van der Waals surface area contributed by atoms with Crippen LogP contribution >= 0.6 is 0 Å². The second-order valence-electron chi connectivity index (χ2n) is 5.95. The maximum absolute atomic E-state index is 11.8. The van der Waals surface area contributed by atoms with Crippen LogP contribution in [0.2, 0.25) is 0 Å². The van der Waals surface area contributed by atoms with Crippen molar-refractivity contribution in [2.45, 2.75) is 39.3 Å². The number of hydrogen-bond donors (Lipinski definition) is 1. The Kier molecular flexibility index (Phi) is 4.65. The molecule has 20 heavy (non-hydrogen) atoms. The first-order chi connectivity index (χ1) is 9.45. The number of rotatable bonds is 5. The number of ether oxygens (including phenoxy) is 1. The molecular formula is C16H24N2O2. The van der Waals surface area contributed by atoms with Crippen LogP contribution in [0.1, 0.15) is 38.8 Å². The van der Waals surface area contributed by atoms with E-state index in [1.807, 2.05) is 43.0 Å². The molecule has 2 atom stereocenters. The van der Waals surface area contributed by atoms with Crippen molar-refractivity contribution in [2.24, 2.45) is 11.7 Å². The van der Waals surface area contributed by atoms with Gasteiger partial charge in [0, 0.05) is 25.6 Å². The topological polar surface area (TPSA) is 55.6 Å². The predicted molar refractivity (Wildman–Crippen MR) is 79.5 cm³/mol. The highest BCUT2D eigenvalue weighted by Crippen LogP contribution is 2.22. The molecule has 0 saturated carbocycles. The van der Waals surface area contributed by atoms with Crippen LogP contribution in [-0.4, -0.2) is 30.0 Å². The van der Waals surface area contributed by atoms with Crippen LogP contribution in [0, 0.1) is 5.92 Å². The molecule has 0 aliphatic carbocycles. The number of hydrogen-bond acceptors (Lipinski definition) is 3. The zero-order valence-corrected chi connectivity index (χ0v) is 12.5. The molecule has 1 amide bonds. The zero-order valence-electron chi connectivity index (χ0n) is 12.5. The van der Waals surface area contributed by atoms with E-state index < -0.39 is 0 Å². The summed E-state index contributed by atoms with van der Waals surface area (Å²) in [5, 5.41) is 0. The summed E-state index contributed by atoms with van der Waals surface area (Å²) in [6.45, 7) is 7.51. The van der Waals surface area contributed by atoms with Gasteiger partial charge < -0.3 is 15.4 Å². The number of carbonyl (C=O) groups is 1. The van der Waals surface area contributed by atoms with Gasteiger partial charge in [-0.1, -0.05) is 19.1 Å². The summed E-state index contributed by atoms with van der Waals surface area (Å²) < 4.78 is 5.61. The molecule has 0 bridgehead atoms. The third kappa shape index (κ3) is 3.73. The average Bonchev–Trinajstić information content (AvgIpc) is 2.68. The molecule has 1 aromatic carbocycles. The van der Waals surface area contributed by atoms with E-state index in [1.165, 1.54) is 0 Å². The molecule has 1 saturated heterocycles. The maximum atomic E-state index is 11.8. The van der Waals surface area contributed by atoms with Gasteiger partial charge in [-0.05, 0) is 37.5 Å². The fourth-order valence-corrected chi connectivity index (χ4v) is 2.55. The van der Waals surface area contributed by atoms with Gasteiger partial charge in [-0.15, -0.1) is 0 Å². The fourth-order valence-electron chi connectivity index (χ4n) is 2.55. The van der Waals surface area contributed by atoms with Gasteiger partial charge in [-0.2, -0.15) is 0 Å². The summed E-state index contributed by atoms with van der Waals surface area (Å²) in [6, 6.07) is 7.68. The van der Waals surface area contributed by atoms with Crippen LogP contribution in [0.25, 0.3) is 0 Å². The van der Waals surface area contributed by atoms with Gasteiger partial charge in [-0.3, -0.25) is 4.79 Å². The molecule has 4 heteroatoms. The summed E-state index contributed by atoms with van der Waals surface area (Å²) in [7, 11) is 0. The molecule has 1 heterocycles. The third-order valence-electron chi connectivity index (χ3n) is 3.50. The van der Waals surface area contributed by atoms with Crippen molar-refractivity contribution < 1.29 is 9.53 Å². The Balaban J connectivity index is 1.95. The summed E-state index contributed by atoms with van der Waals surface area (Å²) in [5.41, 5.74) is 7.23. The Bertz CT molecular complexity index is 456. The first kappa shape index (κ1) is 14.9. The van der Waals surface area contributed by atoms with E-state index in [-0.39, 0.29) is 18.1 Å². The van der Waals surface area contributed by atoms with E-state index in [1.54, 1.807) is 0 Å². The molecule has 2 rings (SSSR count). The standard InChI is InChI=1S/C16H24N2O2/c1-11(2)20-14-6-4-13(5-7-14)15(17)10-18-9-12(3)8-16(18)19/h4-7,11-12,15H,8-10,17H2,1-3H3. The van der Waals surface area contributed by atoms with Crippen molar-refractivity contribution in [3.8, 4) is 5.75 Å². The quantitative estimate of drug-likeness (QED) is 0.898. The zero-order chi connectivity index (χ0) is 14.7. The van der Waals surface area contributed by atoms with E-state index in [4.69, 9.17) is 10.5 Å². The number of benzene rings is 1. The van der Waals surface area contributed by atoms with E-state index in [0.717, 1.165) is 17.9 Å². The van der Waals surface area contributed by atoms with E-state index in [9.17, 15) is 4.79 Å². The minimum Gasteiger partial charge on any atom is -0.491 e. The smallest absolute Gasteiger partial charge is 0.222 e. The van der Waals surface area contributed by atoms with Crippen molar-refractivity contribution in [3.05, 3.63) is 29.8 Å². The normalized spacial score (nSPS) is 20.6. The highest BCUT2D eigenvalue weighted by Gasteiger charge is 2.27. The summed E-state index contributed by atoms with van der Waals surface area (Å²) >= 11 is 0. The lowest BCUT2D eigenvalue weighted by Gasteiger charge is -2.21. The lowest BCUT2D eigenvalue weighted by atomic mass is 10.1. The molecule has 2 unspecified atom stereocenters. The highest BCUT2D eigenvalue weighted by atomic mass is 16.5. The lowest BCUT2D eigenvalue weighted by Crippen LogP contribution is -2.33. The van der Waals surface area contributed by atoms with Crippen LogP contribution in [0.15, 0.2) is 24.3 Å². The Morgan fingerprint density at radius 2 is 2.00 bits per heavy atom. The van der Waals surface area contributed by atoms with Crippen molar-refractivity contribution in [3.63, 3.8) is 0 Å². The Morgan fingerprint density at radius 3 is 2.50 bits per heavy atom. The fraction of sp³-hybridized carbons (Fsp3) is 0.562. The van der Waals surface area contributed by atoms with Gasteiger partial charge in [0.1, 0.15) is 5.75 Å². The molecule has 1 aliphatic rings. The van der Waals surface area contributed by atoms with Crippen LogP contribution in [-0.2, 0) is 4.79 Å². The summed E-state index contributed by atoms with van der Waals surface area (Å²) in [5.74, 6) is 1.51. The molecular weight excluding hydrogens is 252 g/mol. The van der Waals surface area contributed by atoms with Gasteiger partial charge >= 0.3 is 0 Å². The summed E-state index contributed by atoms with van der Waals surface area (Å²) in [6.07, 6.45) is 0.812. The van der Waals surface area contributed by atoms with E-state index in [0.29, 0.717) is 18.9 Å². The van der Waals surface area contributed by atoms with Gasteiger partial charge in [0.15, 0.2) is 0 Å². The average molecular weight is 276 g/mol. The number of amides is 1. The predicted octanol–water partition coefficient (Wildman–Crippen LogP) is 2.34. The van der Waals surface area contributed by atoms with Gasteiger partial charge in [0.05, 0.1) is 6.10 Å². The molecule has 110 valence electrons. The van der Waals surface area contributed by atoms with E-state index >= 15 is 0 Å². The second-order valence-corrected chi connectivity index (χ2v) is 5.95. The highest BCUT2D eigenvalue weighted by molar-refractivity contribution is 5.78. The largest absolute Gasteiger partial charge is 0.491 e. The number of nitrogens with two attached hydrogens (primary N) is 1. The molecule has 1 aromatic rings. The monoisotopic (exact) mass is 276 g/mol. The molecule has 0 aromatic heterocycles. The Morgan fingerprint density at radius 1 is 1.35 bits per heavy atom. The molecule has 2 N–H and O–H groups in total. The maximum Gasteiger partial charge on any atom is 0.222 e. The second kappa shape index (κ2) is 6.27. The molecule has 0 spiro atoms. The van der Waals surface area contributed by atoms with Gasteiger partial charge in [-0.25, -0.2) is 0 Å². The van der Waals surface area contributed by atoms with Crippen LogP contribution < -0.4 is 10.5 Å². The summed E-state index contributed by atoms with van der Waals surface area (Å²) in [4.78, 5) is 13.6. The minimum atomic E-state index is -0.141. The molecule has 1 aliphatic heterocycles. The molecule has 4 nitrogen and oxygen atoms in total. The van der Waals surface area contributed by atoms with Crippen molar-refractivity contribution in [1.82, 2.24) is 4.90 Å². The lowest BCUT2D eigenvalue weighted by molar-refractivity contribution is -0.127. The number of likely N-dealkylation sites (tertiary alicyclic amines) is 1. The number of carbonyl (C=O) groups excluding carboxylic acids is 1. The minimum absolute atomic E-state index is 0.141. The van der Waals surface area contributed by atoms with Gasteiger partial charge in [0.25, 0.3) is 0 Å². The van der Waals surface area contributed by atoms with Crippen molar-refractivity contribution in [2.75, 3.05) is 13.1 Å². The van der Waals surface area contributed by atoms with Crippen LogP contribution in [0.4, 0.5) is 0 Å². The van der Waals surface area contributed by atoms with Crippen molar-refractivity contribution >= 4 is 5.91 Å². The van der Waals surface area contributed by atoms with E-state index in [2.05, 4.69) is 6.92 Å². The van der Waals surface area contributed by atoms with Crippen LogP contribution in [0.3, 0.4) is 0 Å². The Hall–Kier alpha value is -1.55. The Labute approximate surface area is 120 Å². The third-order valence-corrected chi connectivity index (χ3v) is 3.50. The number of nitrogens with zero attached hydrogens (tertiary/aromatic N) is 1. The van der Waals surface area contributed by atoms with Crippen molar-refractivity contribution in [1.29, 1.82) is 0 Å². The van der Waals surface area contributed by atoms with Crippen LogP contribution in [0.5, 0.6) is 5.75 Å².